The van der Waals surface area contributed by atoms with Crippen molar-refractivity contribution in [3.8, 4) is 0 Å². The van der Waals surface area contributed by atoms with Crippen LogP contribution in [0.1, 0.15) is 33.1 Å². The van der Waals surface area contributed by atoms with E-state index in [9.17, 15) is 19.8 Å². The van der Waals surface area contributed by atoms with Crippen LogP contribution in [0.15, 0.2) is 24.0 Å². The first-order valence-electron chi connectivity index (χ1n) is 10.6. The molecule has 4 aliphatic carbocycles. The van der Waals surface area contributed by atoms with Crippen LogP contribution < -0.4 is 0 Å². The van der Waals surface area contributed by atoms with Crippen LogP contribution in [0.4, 0.5) is 0 Å². The standard InChI is InChI=1S/C22H28O6/c1-3-10-8-13(24)17-15-16(20(27-4-2)21-22(17,9-10)28-21)19(26)14-11(18(15)25)6-5-7-12(14)23/h5-7,10-11,13-17,20-21,23-24H,3-4,8-9H2,1-2H3. The monoisotopic (exact) mass is 388 g/mol. The van der Waals surface area contributed by atoms with Crippen molar-refractivity contribution in [1.82, 2.24) is 0 Å². The molecule has 0 amide bonds. The van der Waals surface area contributed by atoms with E-state index >= 15 is 0 Å². The van der Waals surface area contributed by atoms with Gasteiger partial charge in [0, 0.05) is 18.4 Å². The summed E-state index contributed by atoms with van der Waals surface area (Å²) in [6.07, 6.45) is 5.82. The second-order valence-corrected chi connectivity index (χ2v) is 9.06. The topological polar surface area (TPSA) is 96.4 Å². The lowest BCUT2D eigenvalue weighted by Crippen LogP contribution is -2.65. The molecular formula is C22H28O6. The third kappa shape index (κ3) is 2.25. The predicted molar refractivity (Wildman–Crippen MR) is 99.4 cm³/mol. The lowest BCUT2D eigenvalue weighted by molar-refractivity contribution is -0.166. The molecule has 2 N–H and O–H groups in total. The van der Waals surface area contributed by atoms with Crippen molar-refractivity contribution in [2.45, 2.75) is 57.0 Å². The Labute approximate surface area is 164 Å². The Morgan fingerprint density at radius 3 is 2.75 bits per heavy atom. The molecule has 0 aromatic rings. The molecule has 0 radical (unpaired) electrons. The first-order valence-corrected chi connectivity index (χ1v) is 10.6. The Kier molecular flexibility index (Phi) is 4.13. The molecule has 5 rings (SSSR count). The molecule has 0 bridgehead atoms. The number of Topliss-reactive ketones (excluding diaryl/α,β-unsaturated/α-hetero) is 2. The molecule has 10 unspecified atom stereocenters. The summed E-state index contributed by atoms with van der Waals surface area (Å²) in [6.45, 7) is 4.41. The normalized spacial score (nSPS) is 51.5. The van der Waals surface area contributed by atoms with Gasteiger partial charge in [0.1, 0.15) is 23.2 Å². The van der Waals surface area contributed by atoms with E-state index in [1.807, 2.05) is 6.92 Å². The third-order valence-corrected chi connectivity index (χ3v) is 7.85. The molecule has 1 spiro atoms. The molecule has 1 heterocycles. The summed E-state index contributed by atoms with van der Waals surface area (Å²) in [7, 11) is 0. The quantitative estimate of drug-likeness (QED) is 0.718. The maximum absolute atomic E-state index is 13.6. The van der Waals surface area contributed by atoms with Crippen LogP contribution in [-0.4, -0.2) is 52.3 Å². The van der Waals surface area contributed by atoms with Gasteiger partial charge >= 0.3 is 0 Å². The number of epoxide rings is 1. The van der Waals surface area contributed by atoms with Gasteiger partial charge in [-0.25, -0.2) is 0 Å². The van der Waals surface area contributed by atoms with E-state index in [1.165, 1.54) is 6.08 Å². The molecule has 3 saturated carbocycles. The van der Waals surface area contributed by atoms with E-state index in [0.717, 1.165) is 12.8 Å². The molecule has 6 heteroatoms. The Bertz CT molecular complexity index is 771. The van der Waals surface area contributed by atoms with Gasteiger partial charge in [-0.2, -0.15) is 0 Å². The number of hydrogen-bond donors (Lipinski definition) is 2. The molecule has 10 atom stereocenters. The average Bonchev–Trinajstić information content (AvgIpc) is 3.38. The minimum absolute atomic E-state index is 0.0525. The van der Waals surface area contributed by atoms with E-state index in [4.69, 9.17) is 9.47 Å². The minimum Gasteiger partial charge on any atom is -0.512 e. The number of carbonyl (C=O) groups excluding carboxylic acids is 2. The zero-order chi connectivity index (χ0) is 19.8. The highest BCUT2D eigenvalue weighted by Crippen LogP contribution is 2.65. The lowest BCUT2D eigenvalue weighted by atomic mass is 9.50. The first-order chi connectivity index (χ1) is 13.4. The summed E-state index contributed by atoms with van der Waals surface area (Å²) in [5.74, 6) is -3.09. The van der Waals surface area contributed by atoms with Gasteiger partial charge in [-0.3, -0.25) is 9.59 Å². The number of fused-ring (bicyclic) bond motifs is 3. The van der Waals surface area contributed by atoms with Crippen LogP contribution >= 0.6 is 0 Å². The van der Waals surface area contributed by atoms with Crippen LogP contribution in [0.5, 0.6) is 0 Å². The van der Waals surface area contributed by atoms with Crippen molar-refractivity contribution in [2.75, 3.05) is 6.61 Å². The molecule has 6 nitrogen and oxygen atoms in total. The Balaban J connectivity index is 1.60. The number of aliphatic hydroxyl groups excluding tert-OH is 2. The zero-order valence-corrected chi connectivity index (χ0v) is 16.3. The second-order valence-electron chi connectivity index (χ2n) is 9.06. The summed E-state index contributed by atoms with van der Waals surface area (Å²) in [4.78, 5) is 27.1. The van der Waals surface area contributed by atoms with Crippen LogP contribution in [0.3, 0.4) is 0 Å². The SMILES string of the molecule is CCOC1C2C(=O)C3C(O)=CC=CC3C(=O)C2C2C(O)CC(CC)CC23OC13. The first kappa shape index (κ1) is 18.5. The van der Waals surface area contributed by atoms with Crippen LogP contribution in [-0.2, 0) is 19.1 Å². The molecular weight excluding hydrogens is 360 g/mol. The number of ether oxygens (including phenoxy) is 2. The fraction of sp³-hybridized carbons (Fsp3) is 0.727. The largest absolute Gasteiger partial charge is 0.512 e. The van der Waals surface area contributed by atoms with Crippen LogP contribution in [0.2, 0.25) is 0 Å². The number of carbonyl (C=O) groups is 2. The van der Waals surface area contributed by atoms with Gasteiger partial charge in [-0.15, -0.1) is 0 Å². The molecule has 28 heavy (non-hydrogen) atoms. The summed E-state index contributed by atoms with van der Waals surface area (Å²) >= 11 is 0. The van der Waals surface area contributed by atoms with Crippen molar-refractivity contribution in [3.05, 3.63) is 24.0 Å². The summed E-state index contributed by atoms with van der Waals surface area (Å²) in [5.41, 5.74) is -0.557. The Morgan fingerprint density at radius 2 is 2.04 bits per heavy atom. The molecule has 1 aliphatic heterocycles. The molecule has 0 aromatic heterocycles. The zero-order valence-electron chi connectivity index (χ0n) is 16.3. The van der Waals surface area contributed by atoms with Crippen molar-refractivity contribution >= 4 is 11.6 Å². The lowest BCUT2D eigenvalue weighted by Gasteiger charge is -2.52. The third-order valence-electron chi connectivity index (χ3n) is 7.85. The van der Waals surface area contributed by atoms with E-state index < -0.39 is 41.5 Å². The van der Waals surface area contributed by atoms with Crippen LogP contribution in [0.25, 0.3) is 0 Å². The van der Waals surface area contributed by atoms with Crippen molar-refractivity contribution in [3.63, 3.8) is 0 Å². The summed E-state index contributed by atoms with van der Waals surface area (Å²) < 4.78 is 12.2. The molecule has 4 fully saturated rings. The summed E-state index contributed by atoms with van der Waals surface area (Å²) in [5, 5.41) is 21.4. The fourth-order valence-corrected chi connectivity index (χ4v) is 6.70. The number of aliphatic hydroxyl groups is 2. The van der Waals surface area contributed by atoms with Gasteiger partial charge < -0.3 is 19.7 Å². The number of allylic oxidation sites excluding steroid dienone is 4. The van der Waals surface area contributed by atoms with Crippen LogP contribution in [0, 0.1) is 35.5 Å². The van der Waals surface area contributed by atoms with Gasteiger partial charge in [-0.05, 0) is 31.8 Å². The van der Waals surface area contributed by atoms with Gasteiger partial charge in [0.25, 0.3) is 0 Å². The number of rotatable bonds is 3. The Hall–Kier alpha value is -1.50. The minimum atomic E-state index is -0.836. The van der Waals surface area contributed by atoms with Crippen molar-refractivity contribution in [1.29, 1.82) is 0 Å². The van der Waals surface area contributed by atoms with Crippen molar-refractivity contribution < 1.29 is 29.3 Å². The maximum atomic E-state index is 13.6. The smallest absolute Gasteiger partial charge is 0.151 e. The maximum Gasteiger partial charge on any atom is 0.151 e. The van der Waals surface area contributed by atoms with E-state index in [1.54, 1.807) is 12.2 Å². The van der Waals surface area contributed by atoms with Gasteiger partial charge in [0.05, 0.1) is 30.0 Å². The van der Waals surface area contributed by atoms with Gasteiger partial charge in [0.15, 0.2) is 5.78 Å². The second kappa shape index (κ2) is 6.25. The highest BCUT2D eigenvalue weighted by Gasteiger charge is 2.77. The molecule has 5 aliphatic rings. The number of ketones is 2. The molecule has 152 valence electrons. The predicted octanol–water partition coefficient (Wildman–Crippen LogP) is 1.97. The van der Waals surface area contributed by atoms with Crippen molar-refractivity contribution in [2.24, 2.45) is 35.5 Å². The van der Waals surface area contributed by atoms with Gasteiger partial charge in [-0.1, -0.05) is 25.5 Å². The highest BCUT2D eigenvalue weighted by atomic mass is 16.6. The number of hydrogen-bond acceptors (Lipinski definition) is 6. The average molecular weight is 388 g/mol. The van der Waals surface area contributed by atoms with E-state index in [-0.39, 0.29) is 29.3 Å². The fourth-order valence-electron chi connectivity index (χ4n) is 6.70. The Morgan fingerprint density at radius 1 is 1.25 bits per heavy atom. The molecule has 0 aromatic carbocycles. The molecule has 1 saturated heterocycles. The van der Waals surface area contributed by atoms with E-state index in [2.05, 4.69) is 6.92 Å². The highest BCUT2D eigenvalue weighted by molar-refractivity contribution is 6.03. The summed E-state index contributed by atoms with van der Waals surface area (Å²) in [6, 6.07) is 0. The van der Waals surface area contributed by atoms with Gasteiger partial charge in [0.2, 0.25) is 0 Å². The van der Waals surface area contributed by atoms with E-state index in [0.29, 0.717) is 18.9 Å².